The Kier molecular flexibility index (Phi) is 5.49. The van der Waals surface area contributed by atoms with E-state index in [4.69, 9.17) is 32.9 Å². The van der Waals surface area contributed by atoms with Crippen LogP contribution in [0.5, 0.6) is 5.88 Å². The zero-order chi connectivity index (χ0) is 27.9. The van der Waals surface area contributed by atoms with Crippen LogP contribution >= 0.6 is 23.2 Å². The van der Waals surface area contributed by atoms with Crippen LogP contribution < -0.4 is 15.0 Å². The second-order valence-electron chi connectivity index (χ2n) is 10.5. The summed E-state index contributed by atoms with van der Waals surface area (Å²) in [6.45, 7) is 3.96. The van der Waals surface area contributed by atoms with Gasteiger partial charge in [0.2, 0.25) is 5.88 Å². The van der Waals surface area contributed by atoms with Gasteiger partial charge in [0, 0.05) is 45.1 Å². The van der Waals surface area contributed by atoms with Crippen molar-refractivity contribution in [1.29, 1.82) is 0 Å². The quantitative estimate of drug-likeness (QED) is 0.315. The number of fused-ring (bicyclic) bond motifs is 4. The number of hydrogen-bond donors (Lipinski definition) is 1. The Morgan fingerprint density at radius 3 is 2.55 bits per heavy atom. The van der Waals surface area contributed by atoms with Crippen LogP contribution in [-0.2, 0) is 10.3 Å². The highest BCUT2D eigenvalue weighted by Gasteiger charge is 2.64. The molecule has 7 rings (SSSR count). The summed E-state index contributed by atoms with van der Waals surface area (Å²) in [7, 11) is 1.55. The maximum Gasteiger partial charge on any atom is 0.280 e. The van der Waals surface area contributed by atoms with Gasteiger partial charge in [0.1, 0.15) is 11.6 Å². The molecule has 1 fully saturated rings. The van der Waals surface area contributed by atoms with Crippen molar-refractivity contribution >= 4 is 46.4 Å². The van der Waals surface area contributed by atoms with Crippen molar-refractivity contribution < 1.29 is 14.3 Å². The highest BCUT2D eigenvalue weighted by Crippen LogP contribution is 2.54. The fourth-order valence-corrected chi connectivity index (χ4v) is 6.22. The maximum atomic E-state index is 14.4. The molecule has 1 saturated carbocycles. The minimum absolute atomic E-state index is 0.162. The molecule has 1 atom stereocenters. The van der Waals surface area contributed by atoms with Gasteiger partial charge in [0.05, 0.1) is 18.4 Å². The van der Waals surface area contributed by atoms with Crippen LogP contribution in [0.2, 0.25) is 10.0 Å². The van der Waals surface area contributed by atoms with E-state index in [0.29, 0.717) is 55.9 Å². The van der Waals surface area contributed by atoms with E-state index >= 15 is 0 Å². The van der Waals surface area contributed by atoms with E-state index in [-0.39, 0.29) is 11.7 Å². The van der Waals surface area contributed by atoms with Crippen LogP contribution in [0.25, 0.3) is 11.4 Å². The van der Waals surface area contributed by atoms with Gasteiger partial charge in [-0.1, -0.05) is 35.3 Å². The van der Waals surface area contributed by atoms with Crippen molar-refractivity contribution in [3.8, 4) is 17.3 Å². The highest BCUT2D eigenvalue weighted by molar-refractivity contribution is 6.32. The normalized spacial score (nSPS) is 19.4. The lowest BCUT2D eigenvalue weighted by Crippen LogP contribution is -2.51. The molecule has 40 heavy (non-hydrogen) atoms. The Morgan fingerprint density at radius 2 is 1.85 bits per heavy atom. The monoisotopic (exact) mass is 574 g/mol. The fourth-order valence-electron chi connectivity index (χ4n) is 5.86. The van der Waals surface area contributed by atoms with Gasteiger partial charge < -0.3 is 14.6 Å². The number of ether oxygens (including phenoxy) is 1. The number of benzene rings is 2. The lowest BCUT2D eigenvalue weighted by molar-refractivity contribution is -0.119. The number of halogens is 2. The Hall–Kier alpha value is -3.95. The van der Waals surface area contributed by atoms with Gasteiger partial charge in [-0.25, -0.2) is 9.97 Å². The van der Waals surface area contributed by atoms with Crippen molar-refractivity contribution in [3.63, 3.8) is 0 Å². The van der Waals surface area contributed by atoms with E-state index in [1.165, 1.54) is 4.90 Å². The molecule has 2 aliphatic heterocycles. The molecule has 3 aliphatic rings. The smallest absolute Gasteiger partial charge is 0.280 e. The number of methoxy groups -OCH3 is 1. The van der Waals surface area contributed by atoms with Crippen LogP contribution in [0.1, 0.15) is 66.2 Å². The van der Waals surface area contributed by atoms with Crippen LogP contribution in [0.15, 0.2) is 48.7 Å². The van der Waals surface area contributed by atoms with Crippen LogP contribution in [0.3, 0.4) is 0 Å². The molecule has 0 unspecified atom stereocenters. The standard InChI is InChI=1S/C29H24Cl2N6O3/c1-14(2)36-23-22(34-25(36)19-13-32-24(15-7-8-15)35-26(19)40-3)27(38)37(18-6-4-5-16(30)11-18)29(23)20-10-9-17(31)12-21(20)33-28(29)39/h4-6,9-15H,7-8H2,1-3H3,(H,33,39)/t29-/m0/s1. The van der Waals surface area contributed by atoms with Gasteiger partial charge >= 0.3 is 0 Å². The van der Waals surface area contributed by atoms with Crippen molar-refractivity contribution in [2.24, 2.45) is 0 Å². The molecule has 202 valence electrons. The number of hydrogen-bond acceptors (Lipinski definition) is 6. The first-order valence-electron chi connectivity index (χ1n) is 13.0. The third-order valence-electron chi connectivity index (χ3n) is 7.68. The van der Waals surface area contributed by atoms with Gasteiger partial charge in [-0.05, 0) is 57.0 Å². The second kappa shape index (κ2) is 8.78. The van der Waals surface area contributed by atoms with Crippen molar-refractivity contribution in [1.82, 2.24) is 19.5 Å². The zero-order valence-corrected chi connectivity index (χ0v) is 23.4. The maximum absolute atomic E-state index is 14.4. The van der Waals surface area contributed by atoms with E-state index in [1.807, 2.05) is 18.4 Å². The number of carbonyl (C=O) groups is 2. The third-order valence-corrected chi connectivity index (χ3v) is 8.15. The molecule has 4 aromatic rings. The average Bonchev–Trinajstić information content (AvgIpc) is 3.58. The molecule has 1 spiro atoms. The Labute approximate surface area is 240 Å². The van der Waals surface area contributed by atoms with Crippen LogP contribution in [0, 0.1) is 0 Å². The number of amides is 2. The molecular weight excluding hydrogens is 551 g/mol. The molecule has 0 saturated heterocycles. The minimum Gasteiger partial charge on any atom is -0.480 e. The Balaban J connectivity index is 1.54. The number of aromatic nitrogens is 4. The number of anilines is 2. The Bertz CT molecular complexity index is 1750. The molecule has 1 aliphatic carbocycles. The lowest BCUT2D eigenvalue weighted by atomic mass is 9.87. The molecule has 2 aromatic carbocycles. The van der Waals surface area contributed by atoms with E-state index < -0.39 is 17.4 Å². The largest absolute Gasteiger partial charge is 0.480 e. The summed E-state index contributed by atoms with van der Waals surface area (Å²) < 4.78 is 7.60. The van der Waals surface area contributed by atoms with Gasteiger partial charge in [-0.3, -0.25) is 14.5 Å². The fraction of sp³-hybridized carbons (Fsp3) is 0.276. The first-order chi connectivity index (χ1) is 19.2. The molecule has 0 bridgehead atoms. The second-order valence-corrected chi connectivity index (χ2v) is 11.4. The number of nitrogens with one attached hydrogen (secondary N) is 1. The van der Waals surface area contributed by atoms with Gasteiger partial charge in [0.15, 0.2) is 11.2 Å². The lowest BCUT2D eigenvalue weighted by Gasteiger charge is -2.35. The summed E-state index contributed by atoms with van der Waals surface area (Å²) in [5.74, 6) is 1.07. The van der Waals surface area contributed by atoms with E-state index in [1.54, 1.807) is 55.8 Å². The average molecular weight is 575 g/mol. The number of imidazole rings is 1. The van der Waals surface area contributed by atoms with E-state index in [0.717, 1.165) is 18.7 Å². The number of carbonyl (C=O) groups excluding carboxylic acids is 2. The SMILES string of the molecule is COc1nc(C2CC2)ncc1-c1nc2c(n1C(C)C)[C@@]1(C(=O)Nc3cc(Cl)ccc31)N(c1cccc(Cl)c1)C2=O. The number of rotatable bonds is 5. The van der Waals surface area contributed by atoms with Crippen LogP contribution in [-0.4, -0.2) is 38.4 Å². The molecule has 1 N–H and O–H groups in total. The first-order valence-corrected chi connectivity index (χ1v) is 13.8. The summed E-state index contributed by atoms with van der Waals surface area (Å²) in [4.78, 5) is 44.2. The third kappa shape index (κ3) is 3.37. The molecule has 9 nitrogen and oxygen atoms in total. The molecule has 11 heteroatoms. The summed E-state index contributed by atoms with van der Waals surface area (Å²) in [6.07, 6.45) is 3.79. The van der Waals surface area contributed by atoms with E-state index in [2.05, 4.69) is 15.3 Å². The molecule has 2 aromatic heterocycles. The number of nitrogens with zero attached hydrogens (tertiary/aromatic N) is 5. The van der Waals surface area contributed by atoms with Crippen molar-refractivity contribution in [2.45, 2.75) is 44.2 Å². The molecule has 2 amide bonds. The van der Waals surface area contributed by atoms with Crippen LogP contribution in [0.4, 0.5) is 11.4 Å². The van der Waals surface area contributed by atoms with E-state index in [9.17, 15) is 9.59 Å². The topological polar surface area (TPSA) is 102 Å². The van der Waals surface area contributed by atoms with Gasteiger partial charge in [-0.15, -0.1) is 0 Å². The summed E-state index contributed by atoms with van der Waals surface area (Å²) in [5, 5.41) is 3.87. The van der Waals surface area contributed by atoms with Crippen molar-refractivity contribution in [2.75, 3.05) is 17.3 Å². The molecular formula is C29H24Cl2N6O3. The van der Waals surface area contributed by atoms with Gasteiger partial charge in [0.25, 0.3) is 11.8 Å². The van der Waals surface area contributed by atoms with Gasteiger partial charge in [-0.2, -0.15) is 4.98 Å². The predicted octanol–water partition coefficient (Wildman–Crippen LogP) is 5.97. The minimum atomic E-state index is -1.56. The first kappa shape index (κ1) is 25.0. The predicted molar refractivity (Wildman–Crippen MR) is 151 cm³/mol. The highest BCUT2D eigenvalue weighted by atomic mass is 35.5. The summed E-state index contributed by atoms with van der Waals surface area (Å²) >= 11 is 12.7. The molecule has 4 heterocycles. The summed E-state index contributed by atoms with van der Waals surface area (Å²) in [5.41, 5.74) is 1.19. The summed E-state index contributed by atoms with van der Waals surface area (Å²) in [6, 6.07) is 11.9. The zero-order valence-electron chi connectivity index (χ0n) is 21.9. The Morgan fingerprint density at radius 1 is 1.07 bits per heavy atom. The molecule has 0 radical (unpaired) electrons. The van der Waals surface area contributed by atoms with Crippen molar-refractivity contribution in [3.05, 3.63) is 81.5 Å².